The average molecular weight is 262 g/mol. The first kappa shape index (κ1) is 12.1. The van der Waals surface area contributed by atoms with Crippen molar-refractivity contribution in [3.8, 4) is 11.5 Å². The fraction of sp³-hybridized carbons (Fsp3) is 0.500. The Morgan fingerprint density at radius 2 is 1.84 bits per heavy atom. The number of carbonyl (C=O) groups is 1. The fourth-order valence-corrected chi connectivity index (χ4v) is 2.45. The Morgan fingerprint density at radius 3 is 2.53 bits per heavy atom. The summed E-state index contributed by atoms with van der Waals surface area (Å²) < 4.78 is 11.2. The molecule has 5 heteroatoms. The SMILES string of the molecule is CN1C(=O)C(C)(C)CNc2cc3c(cc21)OCCO3. The van der Waals surface area contributed by atoms with Gasteiger partial charge >= 0.3 is 0 Å². The Balaban J connectivity index is 2.09. The minimum Gasteiger partial charge on any atom is -0.486 e. The van der Waals surface area contributed by atoms with E-state index in [1.54, 1.807) is 11.9 Å². The molecule has 102 valence electrons. The number of benzene rings is 1. The number of fused-ring (bicyclic) bond motifs is 2. The Kier molecular flexibility index (Phi) is 2.59. The van der Waals surface area contributed by atoms with Crippen LogP contribution in [-0.4, -0.2) is 32.7 Å². The number of amides is 1. The van der Waals surface area contributed by atoms with E-state index < -0.39 is 5.41 Å². The van der Waals surface area contributed by atoms with Crippen molar-refractivity contribution >= 4 is 17.3 Å². The summed E-state index contributed by atoms with van der Waals surface area (Å²) in [4.78, 5) is 14.1. The molecule has 0 aromatic heterocycles. The van der Waals surface area contributed by atoms with E-state index in [-0.39, 0.29) is 5.91 Å². The monoisotopic (exact) mass is 262 g/mol. The lowest BCUT2D eigenvalue weighted by molar-refractivity contribution is -0.125. The minimum atomic E-state index is -0.435. The number of anilines is 2. The second-order valence-corrected chi connectivity index (χ2v) is 5.61. The number of hydrogen-bond donors (Lipinski definition) is 1. The fourth-order valence-electron chi connectivity index (χ4n) is 2.45. The van der Waals surface area contributed by atoms with Crippen LogP contribution >= 0.6 is 0 Å². The Labute approximate surface area is 112 Å². The molecule has 0 fully saturated rings. The number of nitrogens with one attached hydrogen (secondary N) is 1. The van der Waals surface area contributed by atoms with Crippen molar-refractivity contribution in [3.63, 3.8) is 0 Å². The molecule has 2 aliphatic rings. The van der Waals surface area contributed by atoms with Gasteiger partial charge in [-0.1, -0.05) is 0 Å². The lowest BCUT2D eigenvalue weighted by Crippen LogP contribution is -2.40. The van der Waals surface area contributed by atoms with E-state index >= 15 is 0 Å². The molecular formula is C14H18N2O3. The maximum Gasteiger partial charge on any atom is 0.234 e. The molecule has 1 N–H and O–H groups in total. The largest absolute Gasteiger partial charge is 0.486 e. The van der Waals surface area contributed by atoms with E-state index in [0.717, 1.165) is 17.1 Å². The Bertz CT molecular complexity index is 540. The molecule has 19 heavy (non-hydrogen) atoms. The molecule has 2 heterocycles. The molecule has 0 bridgehead atoms. The van der Waals surface area contributed by atoms with Gasteiger partial charge in [-0.15, -0.1) is 0 Å². The third-order valence-electron chi connectivity index (χ3n) is 3.63. The summed E-state index contributed by atoms with van der Waals surface area (Å²) in [5, 5.41) is 3.33. The van der Waals surface area contributed by atoms with Crippen molar-refractivity contribution in [3.05, 3.63) is 12.1 Å². The molecule has 0 saturated carbocycles. The van der Waals surface area contributed by atoms with Crippen LogP contribution in [0.15, 0.2) is 12.1 Å². The van der Waals surface area contributed by atoms with Gasteiger partial charge in [0.1, 0.15) is 13.2 Å². The second-order valence-electron chi connectivity index (χ2n) is 5.61. The smallest absolute Gasteiger partial charge is 0.234 e. The highest BCUT2D eigenvalue weighted by Crippen LogP contribution is 2.42. The standard InChI is InChI=1S/C14H18N2O3/c1-14(2)8-15-9-6-11-12(19-5-4-18-11)7-10(9)16(3)13(14)17/h6-7,15H,4-5,8H2,1-3H3. The van der Waals surface area contributed by atoms with Crippen LogP contribution in [0.5, 0.6) is 11.5 Å². The Morgan fingerprint density at radius 1 is 1.21 bits per heavy atom. The minimum absolute atomic E-state index is 0.0930. The number of carbonyl (C=O) groups excluding carboxylic acids is 1. The molecule has 5 nitrogen and oxygen atoms in total. The van der Waals surface area contributed by atoms with Crippen LogP contribution in [0.3, 0.4) is 0 Å². The van der Waals surface area contributed by atoms with Gasteiger partial charge in [0.15, 0.2) is 11.5 Å². The quantitative estimate of drug-likeness (QED) is 0.775. The number of ether oxygens (including phenoxy) is 2. The predicted molar refractivity (Wildman–Crippen MR) is 73.1 cm³/mol. The summed E-state index contributed by atoms with van der Waals surface area (Å²) >= 11 is 0. The second kappa shape index (κ2) is 4.05. The summed E-state index contributed by atoms with van der Waals surface area (Å²) in [6, 6.07) is 3.78. The third kappa shape index (κ3) is 1.89. The summed E-state index contributed by atoms with van der Waals surface area (Å²) in [7, 11) is 1.80. The van der Waals surface area contributed by atoms with Gasteiger partial charge in [0.2, 0.25) is 5.91 Å². The predicted octanol–water partition coefficient (Wildman–Crippen LogP) is 1.87. The molecule has 0 atom stereocenters. The molecule has 1 amide bonds. The van der Waals surface area contributed by atoms with Gasteiger partial charge in [0, 0.05) is 25.7 Å². The van der Waals surface area contributed by atoms with Gasteiger partial charge < -0.3 is 19.7 Å². The first-order valence-corrected chi connectivity index (χ1v) is 6.45. The molecule has 1 aromatic rings. The maximum atomic E-state index is 12.4. The highest BCUT2D eigenvalue weighted by molar-refractivity contribution is 6.01. The summed E-state index contributed by atoms with van der Waals surface area (Å²) in [5.41, 5.74) is 1.31. The van der Waals surface area contributed by atoms with Crippen LogP contribution in [0, 0.1) is 5.41 Å². The number of rotatable bonds is 0. The number of hydrogen-bond acceptors (Lipinski definition) is 4. The summed E-state index contributed by atoms with van der Waals surface area (Å²) in [5.74, 6) is 1.53. The highest BCUT2D eigenvalue weighted by Gasteiger charge is 2.35. The molecule has 0 unspecified atom stereocenters. The summed E-state index contributed by atoms with van der Waals surface area (Å²) in [6.45, 7) is 5.59. The number of nitrogens with zero attached hydrogens (tertiary/aromatic N) is 1. The van der Waals surface area contributed by atoms with Crippen LogP contribution in [0.1, 0.15) is 13.8 Å². The van der Waals surface area contributed by atoms with E-state index in [2.05, 4.69) is 5.32 Å². The van der Waals surface area contributed by atoms with Crippen LogP contribution in [0.25, 0.3) is 0 Å². The first-order valence-electron chi connectivity index (χ1n) is 6.45. The van der Waals surface area contributed by atoms with Gasteiger partial charge in [0.25, 0.3) is 0 Å². The van der Waals surface area contributed by atoms with Gasteiger partial charge in [-0.25, -0.2) is 0 Å². The molecule has 3 rings (SSSR count). The lowest BCUT2D eigenvalue weighted by Gasteiger charge is -2.26. The zero-order valence-electron chi connectivity index (χ0n) is 11.4. The maximum absolute atomic E-state index is 12.4. The van der Waals surface area contributed by atoms with E-state index in [1.165, 1.54) is 0 Å². The normalized spacial score (nSPS) is 20.4. The van der Waals surface area contributed by atoms with Crippen molar-refractivity contribution in [2.45, 2.75) is 13.8 Å². The van der Waals surface area contributed by atoms with Gasteiger partial charge in [-0.3, -0.25) is 4.79 Å². The van der Waals surface area contributed by atoms with Crippen molar-refractivity contribution < 1.29 is 14.3 Å². The summed E-state index contributed by atoms with van der Waals surface area (Å²) in [6.07, 6.45) is 0. The van der Waals surface area contributed by atoms with Gasteiger partial charge in [-0.2, -0.15) is 0 Å². The van der Waals surface area contributed by atoms with E-state index in [4.69, 9.17) is 9.47 Å². The van der Waals surface area contributed by atoms with Crippen molar-refractivity contribution in [1.82, 2.24) is 0 Å². The molecule has 1 aromatic carbocycles. The molecule has 2 aliphatic heterocycles. The topological polar surface area (TPSA) is 50.8 Å². The Hall–Kier alpha value is -1.91. The van der Waals surface area contributed by atoms with E-state index in [1.807, 2.05) is 26.0 Å². The third-order valence-corrected chi connectivity index (χ3v) is 3.63. The molecular weight excluding hydrogens is 244 g/mol. The average Bonchev–Trinajstić information content (AvgIpc) is 2.49. The van der Waals surface area contributed by atoms with E-state index in [9.17, 15) is 4.79 Å². The zero-order chi connectivity index (χ0) is 13.6. The lowest BCUT2D eigenvalue weighted by atomic mass is 9.92. The molecule has 0 saturated heterocycles. The van der Waals surface area contributed by atoms with E-state index in [0.29, 0.717) is 25.5 Å². The van der Waals surface area contributed by atoms with Crippen molar-refractivity contribution in [1.29, 1.82) is 0 Å². The zero-order valence-corrected chi connectivity index (χ0v) is 11.4. The van der Waals surface area contributed by atoms with Gasteiger partial charge in [0.05, 0.1) is 16.8 Å². The van der Waals surface area contributed by atoms with Crippen LogP contribution in [0.2, 0.25) is 0 Å². The van der Waals surface area contributed by atoms with Crippen molar-refractivity contribution in [2.75, 3.05) is 37.0 Å². The molecule has 0 radical (unpaired) electrons. The molecule has 0 spiro atoms. The first-order chi connectivity index (χ1) is 8.99. The van der Waals surface area contributed by atoms with Crippen molar-refractivity contribution in [2.24, 2.45) is 5.41 Å². The van der Waals surface area contributed by atoms with Crippen LogP contribution in [0.4, 0.5) is 11.4 Å². The van der Waals surface area contributed by atoms with Crippen LogP contribution in [-0.2, 0) is 4.79 Å². The highest BCUT2D eigenvalue weighted by atomic mass is 16.6. The van der Waals surface area contributed by atoms with Crippen LogP contribution < -0.4 is 19.7 Å². The molecule has 0 aliphatic carbocycles. The van der Waals surface area contributed by atoms with Gasteiger partial charge in [-0.05, 0) is 13.8 Å².